The number of hydrogen-bond acceptors (Lipinski definition) is 4. The molecule has 0 saturated carbocycles. The summed E-state index contributed by atoms with van der Waals surface area (Å²) in [5.41, 5.74) is 6.90. The molecule has 1 aliphatic rings. The first kappa shape index (κ1) is 11.9. The minimum absolute atomic E-state index is 0.729. The molecular weight excluding hydrogens is 218 g/mol. The van der Waals surface area contributed by atoms with Crippen LogP contribution in [0, 0.1) is 0 Å². The van der Waals surface area contributed by atoms with E-state index >= 15 is 0 Å². The first-order valence-corrected chi connectivity index (χ1v) is 7.07. The number of anilines is 1. The highest BCUT2D eigenvalue weighted by atomic mass is 32.1. The van der Waals surface area contributed by atoms with Gasteiger partial charge >= 0.3 is 0 Å². The van der Waals surface area contributed by atoms with Crippen LogP contribution in [0.2, 0.25) is 0 Å². The van der Waals surface area contributed by atoms with E-state index in [1.807, 2.05) is 0 Å². The summed E-state index contributed by atoms with van der Waals surface area (Å²) in [4.78, 5) is 8.22. The second kappa shape index (κ2) is 5.64. The highest BCUT2D eigenvalue weighted by Crippen LogP contribution is 2.29. The van der Waals surface area contributed by atoms with E-state index in [4.69, 9.17) is 5.73 Å². The van der Waals surface area contributed by atoms with Gasteiger partial charge in [0.25, 0.3) is 0 Å². The molecule has 0 unspecified atom stereocenters. The van der Waals surface area contributed by atoms with Gasteiger partial charge in [-0.2, -0.15) is 0 Å². The van der Waals surface area contributed by atoms with Crippen LogP contribution in [0.5, 0.6) is 0 Å². The molecular formula is C12H21N3S. The highest BCUT2D eigenvalue weighted by Gasteiger charge is 2.22. The Morgan fingerprint density at radius 2 is 2.06 bits per heavy atom. The van der Waals surface area contributed by atoms with Crippen molar-refractivity contribution in [3.05, 3.63) is 10.6 Å². The maximum atomic E-state index is 5.68. The number of aromatic nitrogens is 1. The van der Waals surface area contributed by atoms with Crippen molar-refractivity contribution in [1.82, 2.24) is 9.88 Å². The molecule has 1 aliphatic heterocycles. The number of thiazole rings is 1. The Bertz CT molecular complexity index is 312. The summed E-state index contributed by atoms with van der Waals surface area (Å²) < 4.78 is 0. The Balaban J connectivity index is 1.65. The lowest BCUT2D eigenvalue weighted by molar-refractivity contribution is 0.275. The molecule has 90 valence electrons. The van der Waals surface area contributed by atoms with Crippen LogP contribution < -0.4 is 5.73 Å². The van der Waals surface area contributed by atoms with Gasteiger partial charge < -0.3 is 5.73 Å². The lowest BCUT2D eigenvalue weighted by Gasteiger charge is -2.14. The zero-order chi connectivity index (χ0) is 11.4. The van der Waals surface area contributed by atoms with Crippen molar-refractivity contribution < 1.29 is 0 Å². The summed E-state index contributed by atoms with van der Waals surface area (Å²) in [6, 6.07) is 0. The molecule has 0 aliphatic carbocycles. The average Bonchev–Trinajstić information content (AvgIpc) is 2.74. The van der Waals surface area contributed by atoms with Gasteiger partial charge in [-0.1, -0.05) is 32.6 Å². The number of nitrogens with two attached hydrogens (primary N) is 1. The molecule has 4 heteroatoms. The smallest absolute Gasteiger partial charge is 0.180 e. The maximum absolute atomic E-state index is 5.68. The Morgan fingerprint density at radius 3 is 2.81 bits per heavy atom. The normalized spacial score (nSPS) is 15.6. The van der Waals surface area contributed by atoms with E-state index in [9.17, 15) is 0 Å². The maximum Gasteiger partial charge on any atom is 0.180 e. The third kappa shape index (κ3) is 2.95. The fourth-order valence-corrected chi connectivity index (χ4v) is 3.10. The molecule has 2 heterocycles. The summed E-state index contributed by atoms with van der Waals surface area (Å²) in [7, 11) is 0. The Hall–Kier alpha value is -0.610. The predicted octanol–water partition coefficient (Wildman–Crippen LogP) is 3.01. The van der Waals surface area contributed by atoms with Crippen LogP contribution in [0.3, 0.4) is 0 Å². The van der Waals surface area contributed by atoms with Crippen LogP contribution in [-0.2, 0) is 13.1 Å². The van der Waals surface area contributed by atoms with Gasteiger partial charge in [-0.25, -0.2) is 4.98 Å². The van der Waals surface area contributed by atoms with Gasteiger partial charge in [0.15, 0.2) is 5.13 Å². The van der Waals surface area contributed by atoms with Crippen molar-refractivity contribution in [1.29, 1.82) is 0 Å². The number of nitrogens with zero attached hydrogens (tertiary/aromatic N) is 2. The van der Waals surface area contributed by atoms with Crippen LogP contribution in [-0.4, -0.2) is 16.4 Å². The van der Waals surface area contributed by atoms with Gasteiger partial charge in [0.05, 0.1) is 5.69 Å². The van der Waals surface area contributed by atoms with Gasteiger partial charge in [-0.3, -0.25) is 4.90 Å². The van der Waals surface area contributed by atoms with E-state index in [0.29, 0.717) is 0 Å². The Morgan fingerprint density at radius 1 is 1.25 bits per heavy atom. The fourth-order valence-electron chi connectivity index (χ4n) is 2.22. The summed E-state index contributed by atoms with van der Waals surface area (Å²) in [5, 5.41) is 0.729. The molecule has 1 aromatic rings. The van der Waals surface area contributed by atoms with E-state index in [-0.39, 0.29) is 0 Å². The third-order valence-corrected chi connectivity index (χ3v) is 4.02. The average molecular weight is 239 g/mol. The molecule has 16 heavy (non-hydrogen) atoms. The molecule has 2 N–H and O–H groups in total. The lowest BCUT2D eigenvalue weighted by atomic mass is 10.1. The minimum atomic E-state index is 0.729. The molecule has 0 aromatic carbocycles. The van der Waals surface area contributed by atoms with Crippen molar-refractivity contribution in [3.8, 4) is 0 Å². The molecule has 2 rings (SSSR count). The van der Waals surface area contributed by atoms with Crippen molar-refractivity contribution in [3.63, 3.8) is 0 Å². The number of hydrogen-bond donors (Lipinski definition) is 1. The van der Waals surface area contributed by atoms with Crippen molar-refractivity contribution >= 4 is 16.5 Å². The van der Waals surface area contributed by atoms with E-state index < -0.39 is 0 Å². The second-order valence-corrected chi connectivity index (χ2v) is 5.66. The fraction of sp³-hybridized carbons (Fsp3) is 0.750. The quantitative estimate of drug-likeness (QED) is 0.776. The molecule has 0 fully saturated rings. The first-order valence-electron chi connectivity index (χ1n) is 6.26. The van der Waals surface area contributed by atoms with Crippen LogP contribution in [0.4, 0.5) is 5.13 Å². The molecule has 1 aromatic heterocycles. The molecule has 0 amide bonds. The van der Waals surface area contributed by atoms with Gasteiger partial charge in [0.1, 0.15) is 0 Å². The van der Waals surface area contributed by atoms with Crippen molar-refractivity contribution in [2.75, 3.05) is 12.3 Å². The summed E-state index contributed by atoms with van der Waals surface area (Å²) in [5.74, 6) is 0. The zero-order valence-corrected chi connectivity index (χ0v) is 10.9. The van der Waals surface area contributed by atoms with Crippen LogP contribution >= 0.6 is 11.3 Å². The second-order valence-electron chi connectivity index (χ2n) is 4.55. The number of fused-ring (bicyclic) bond motifs is 1. The van der Waals surface area contributed by atoms with E-state index in [1.165, 1.54) is 49.2 Å². The third-order valence-electron chi connectivity index (χ3n) is 3.11. The van der Waals surface area contributed by atoms with Gasteiger partial charge in [0.2, 0.25) is 0 Å². The van der Waals surface area contributed by atoms with Crippen molar-refractivity contribution in [2.45, 2.75) is 52.1 Å². The Kier molecular flexibility index (Phi) is 4.18. The van der Waals surface area contributed by atoms with Crippen LogP contribution in [0.15, 0.2) is 0 Å². The van der Waals surface area contributed by atoms with E-state index in [0.717, 1.165) is 18.2 Å². The molecule has 0 bridgehead atoms. The molecule has 0 spiro atoms. The Labute approximate surface area is 102 Å². The number of rotatable bonds is 6. The van der Waals surface area contributed by atoms with Gasteiger partial charge in [0, 0.05) is 18.0 Å². The van der Waals surface area contributed by atoms with E-state index in [2.05, 4.69) is 16.8 Å². The zero-order valence-electron chi connectivity index (χ0n) is 10.0. The molecule has 3 nitrogen and oxygen atoms in total. The van der Waals surface area contributed by atoms with Gasteiger partial charge in [-0.15, -0.1) is 11.3 Å². The van der Waals surface area contributed by atoms with Crippen molar-refractivity contribution in [2.24, 2.45) is 0 Å². The lowest BCUT2D eigenvalue weighted by Crippen LogP contribution is -2.17. The van der Waals surface area contributed by atoms with E-state index in [1.54, 1.807) is 11.3 Å². The van der Waals surface area contributed by atoms with Crippen LogP contribution in [0.1, 0.15) is 49.6 Å². The number of nitrogen functional groups attached to an aromatic ring is 1. The standard InChI is InChI=1S/C12H21N3S/c1-2-3-4-5-6-7-15-8-10-11(9-15)16-12(13)14-10/h2-9H2,1H3,(H2,13,14). The minimum Gasteiger partial charge on any atom is -0.375 e. The summed E-state index contributed by atoms with van der Waals surface area (Å²) >= 11 is 1.65. The molecule has 0 radical (unpaired) electrons. The summed E-state index contributed by atoms with van der Waals surface area (Å²) in [6.45, 7) is 5.55. The molecule has 0 atom stereocenters. The monoisotopic (exact) mass is 239 g/mol. The predicted molar refractivity (Wildman–Crippen MR) is 69.4 cm³/mol. The van der Waals surface area contributed by atoms with Gasteiger partial charge in [-0.05, 0) is 13.0 Å². The number of unbranched alkanes of at least 4 members (excludes halogenated alkanes) is 4. The summed E-state index contributed by atoms with van der Waals surface area (Å²) in [6.07, 6.45) is 6.78. The highest BCUT2D eigenvalue weighted by molar-refractivity contribution is 7.15. The largest absolute Gasteiger partial charge is 0.375 e. The molecule has 0 saturated heterocycles. The van der Waals surface area contributed by atoms with Crippen LogP contribution in [0.25, 0.3) is 0 Å². The topological polar surface area (TPSA) is 42.2 Å². The SMILES string of the molecule is CCCCCCCN1Cc2nc(N)sc2C1. The first-order chi connectivity index (χ1) is 7.79.